The van der Waals surface area contributed by atoms with Crippen LogP contribution in [0.2, 0.25) is 0 Å². The lowest BCUT2D eigenvalue weighted by Crippen LogP contribution is -1.94. The first-order valence-electron chi connectivity index (χ1n) is 6.54. The zero-order valence-corrected chi connectivity index (χ0v) is 10.8. The zero-order valence-electron chi connectivity index (χ0n) is 10.8. The van der Waals surface area contributed by atoms with Gasteiger partial charge in [0.15, 0.2) is 0 Å². The second-order valence-electron chi connectivity index (χ2n) is 4.84. The first kappa shape index (κ1) is 11.1. The molecule has 2 aromatic carbocycles. The van der Waals surface area contributed by atoms with Crippen molar-refractivity contribution in [2.24, 2.45) is 0 Å². The molecule has 0 saturated carbocycles. The van der Waals surface area contributed by atoms with Gasteiger partial charge in [-0.1, -0.05) is 18.2 Å². The number of anilines is 1. The maximum absolute atomic E-state index is 5.78. The molecule has 2 N–H and O–H groups in total. The molecular weight excluding hydrogens is 246 g/mol. The molecule has 3 nitrogen and oxygen atoms in total. The van der Waals surface area contributed by atoms with Gasteiger partial charge in [0.25, 0.3) is 0 Å². The molecule has 0 unspecified atom stereocenters. The first-order valence-corrected chi connectivity index (χ1v) is 6.54. The van der Waals surface area contributed by atoms with E-state index in [9.17, 15) is 0 Å². The molecule has 0 amide bonds. The minimum atomic E-state index is 0.771. The zero-order chi connectivity index (χ0) is 13.5. The summed E-state index contributed by atoms with van der Waals surface area (Å²) in [5.41, 5.74) is 9.94. The van der Waals surface area contributed by atoms with Gasteiger partial charge in [0, 0.05) is 28.3 Å². The van der Waals surface area contributed by atoms with Crippen LogP contribution in [0.5, 0.6) is 0 Å². The maximum atomic E-state index is 5.78. The van der Waals surface area contributed by atoms with Gasteiger partial charge in [-0.15, -0.1) is 0 Å². The smallest absolute Gasteiger partial charge is 0.0724 e. The van der Waals surface area contributed by atoms with Crippen LogP contribution >= 0.6 is 0 Å². The number of hydrogen-bond donors (Lipinski definition) is 1. The van der Waals surface area contributed by atoms with Crippen LogP contribution in [0.15, 0.2) is 67.0 Å². The molecule has 3 heteroatoms. The summed E-state index contributed by atoms with van der Waals surface area (Å²) in [6.07, 6.45) is 3.74. The fraction of sp³-hybridized carbons (Fsp3) is 0. The first-order chi connectivity index (χ1) is 9.84. The average Bonchev–Trinajstić information content (AvgIpc) is 2.83. The SMILES string of the molecule is Nc1ccc(-n2c3ccccc3c3ccncc32)cc1. The van der Waals surface area contributed by atoms with Crippen LogP contribution in [-0.4, -0.2) is 9.55 Å². The molecule has 0 fully saturated rings. The summed E-state index contributed by atoms with van der Waals surface area (Å²) in [4.78, 5) is 4.27. The predicted octanol–water partition coefficient (Wildman–Crippen LogP) is 3.76. The number of nitrogen functional groups attached to an aromatic ring is 1. The summed E-state index contributed by atoms with van der Waals surface area (Å²) in [5.74, 6) is 0. The third-order valence-corrected chi connectivity index (χ3v) is 3.63. The van der Waals surface area contributed by atoms with Crippen molar-refractivity contribution in [3.8, 4) is 5.69 Å². The third-order valence-electron chi connectivity index (χ3n) is 3.63. The predicted molar refractivity (Wildman–Crippen MR) is 83.0 cm³/mol. The van der Waals surface area contributed by atoms with Gasteiger partial charge in [0.05, 0.1) is 17.2 Å². The van der Waals surface area contributed by atoms with E-state index in [1.54, 1.807) is 0 Å². The van der Waals surface area contributed by atoms with E-state index >= 15 is 0 Å². The molecule has 0 spiro atoms. The van der Waals surface area contributed by atoms with Gasteiger partial charge in [0.2, 0.25) is 0 Å². The Morgan fingerprint density at radius 2 is 1.55 bits per heavy atom. The summed E-state index contributed by atoms with van der Waals surface area (Å²) in [6, 6.07) is 18.4. The van der Waals surface area contributed by atoms with Crippen LogP contribution in [-0.2, 0) is 0 Å². The van der Waals surface area contributed by atoms with E-state index < -0.39 is 0 Å². The molecule has 96 valence electrons. The van der Waals surface area contributed by atoms with Crippen molar-refractivity contribution >= 4 is 27.5 Å². The number of nitrogens with zero attached hydrogens (tertiary/aromatic N) is 2. The number of para-hydroxylation sites is 1. The van der Waals surface area contributed by atoms with Gasteiger partial charge in [-0.05, 0) is 36.4 Å². The Balaban J connectivity index is 2.17. The van der Waals surface area contributed by atoms with Crippen molar-refractivity contribution < 1.29 is 0 Å². The highest BCUT2D eigenvalue weighted by molar-refractivity contribution is 6.08. The summed E-state index contributed by atoms with van der Waals surface area (Å²) < 4.78 is 2.22. The van der Waals surface area contributed by atoms with Gasteiger partial charge >= 0.3 is 0 Å². The van der Waals surface area contributed by atoms with Crippen molar-refractivity contribution in [1.29, 1.82) is 0 Å². The van der Waals surface area contributed by atoms with Crippen LogP contribution in [0.25, 0.3) is 27.5 Å². The quantitative estimate of drug-likeness (QED) is 0.529. The molecule has 2 heterocycles. The van der Waals surface area contributed by atoms with E-state index in [1.165, 1.54) is 16.3 Å². The largest absolute Gasteiger partial charge is 0.399 e. The van der Waals surface area contributed by atoms with Crippen molar-refractivity contribution in [1.82, 2.24) is 9.55 Å². The number of pyridine rings is 1. The summed E-state index contributed by atoms with van der Waals surface area (Å²) in [7, 11) is 0. The van der Waals surface area contributed by atoms with Gasteiger partial charge in [-0.25, -0.2) is 0 Å². The van der Waals surface area contributed by atoms with Gasteiger partial charge in [0.1, 0.15) is 0 Å². The van der Waals surface area contributed by atoms with Crippen LogP contribution in [0.4, 0.5) is 5.69 Å². The normalized spacial score (nSPS) is 11.2. The van der Waals surface area contributed by atoms with Crippen LogP contribution in [0.1, 0.15) is 0 Å². The molecule has 0 aliphatic carbocycles. The minimum Gasteiger partial charge on any atom is -0.399 e. The Morgan fingerprint density at radius 3 is 2.40 bits per heavy atom. The van der Waals surface area contributed by atoms with E-state index in [-0.39, 0.29) is 0 Å². The van der Waals surface area contributed by atoms with E-state index in [1.807, 2.05) is 36.7 Å². The maximum Gasteiger partial charge on any atom is 0.0724 e. The number of rotatable bonds is 1. The number of nitrogens with two attached hydrogens (primary N) is 1. The fourth-order valence-corrected chi connectivity index (χ4v) is 2.72. The van der Waals surface area contributed by atoms with Crippen LogP contribution in [0, 0.1) is 0 Å². The number of hydrogen-bond acceptors (Lipinski definition) is 2. The average molecular weight is 259 g/mol. The number of aromatic nitrogens is 2. The molecule has 2 aromatic heterocycles. The lowest BCUT2D eigenvalue weighted by Gasteiger charge is -2.07. The van der Waals surface area contributed by atoms with Crippen molar-refractivity contribution in [2.75, 3.05) is 5.73 Å². The summed E-state index contributed by atoms with van der Waals surface area (Å²) in [5, 5.41) is 2.45. The Hall–Kier alpha value is -2.81. The Labute approximate surface area is 116 Å². The molecule has 0 bridgehead atoms. The molecular formula is C17H13N3. The molecule has 0 aliphatic heterocycles. The highest BCUT2D eigenvalue weighted by Gasteiger charge is 2.11. The Bertz CT molecular complexity index is 851. The Morgan fingerprint density at radius 1 is 0.800 bits per heavy atom. The second-order valence-corrected chi connectivity index (χ2v) is 4.84. The number of benzene rings is 2. The Kier molecular flexibility index (Phi) is 2.27. The van der Waals surface area contributed by atoms with E-state index in [0.717, 1.165) is 16.9 Å². The molecule has 0 radical (unpaired) electrons. The molecule has 0 saturated heterocycles. The van der Waals surface area contributed by atoms with Crippen molar-refractivity contribution in [3.05, 3.63) is 67.0 Å². The summed E-state index contributed by atoms with van der Waals surface area (Å²) >= 11 is 0. The topological polar surface area (TPSA) is 43.8 Å². The van der Waals surface area contributed by atoms with Crippen LogP contribution in [0.3, 0.4) is 0 Å². The lowest BCUT2D eigenvalue weighted by molar-refractivity contribution is 1.17. The standard InChI is InChI=1S/C17H13N3/c18-12-5-7-13(8-6-12)20-16-4-2-1-3-14(16)15-9-10-19-11-17(15)20/h1-11H,18H2. The molecule has 4 aromatic rings. The summed E-state index contributed by atoms with van der Waals surface area (Å²) in [6.45, 7) is 0. The minimum absolute atomic E-state index is 0.771. The van der Waals surface area contributed by atoms with Gasteiger partial charge in [-0.3, -0.25) is 4.98 Å². The van der Waals surface area contributed by atoms with Gasteiger partial charge in [-0.2, -0.15) is 0 Å². The van der Waals surface area contributed by atoms with E-state index in [4.69, 9.17) is 5.73 Å². The highest BCUT2D eigenvalue weighted by atomic mass is 15.0. The van der Waals surface area contributed by atoms with Crippen LogP contribution < -0.4 is 5.73 Å². The highest BCUT2D eigenvalue weighted by Crippen LogP contribution is 2.31. The van der Waals surface area contributed by atoms with Gasteiger partial charge < -0.3 is 10.3 Å². The van der Waals surface area contributed by atoms with E-state index in [2.05, 4.69) is 39.9 Å². The molecule has 20 heavy (non-hydrogen) atoms. The second kappa shape index (κ2) is 4.10. The third kappa shape index (κ3) is 1.50. The monoisotopic (exact) mass is 259 g/mol. The number of fused-ring (bicyclic) bond motifs is 3. The van der Waals surface area contributed by atoms with Crippen molar-refractivity contribution in [3.63, 3.8) is 0 Å². The van der Waals surface area contributed by atoms with E-state index in [0.29, 0.717) is 0 Å². The fourth-order valence-electron chi connectivity index (χ4n) is 2.72. The molecule has 0 atom stereocenters. The molecule has 0 aliphatic rings. The van der Waals surface area contributed by atoms with Crippen molar-refractivity contribution in [2.45, 2.75) is 0 Å². The lowest BCUT2D eigenvalue weighted by atomic mass is 10.2. The molecule has 4 rings (SSSR count).